The zero-order chi connectivity index (χ0) is 12.3. The summed E-state index contributed by atoms with van der Waals surface area (Å²) >= 11 is 0. The van der Waals surface area contributed by atoms with Crippen LogP contribution in [-0.2, 0) is 9.53 Å². The Morgan fingerprint density at radius 2 is 1.80 bits per heavy atom. The molecular formula is C9H15F3O2Si. The van der Waals surface area contributed by atoms with Crippen LogP contribution in [0.25, 0.3) is 0 Å². The first-order chi connectivity index (χ1) is 6.52. The number of esters is 1. The molecule has 0 amide bonds. The molecule has 6 heteroatoms. The van der Waals surface area contributed by atoms with Gasteiger partial charge in [0.05, 0.1) is 0 Å². The molecule has 0 aliphatic heterocycles. The maximum Gasteiger partial charge on any atom is 0.490 e. The molecule has 0 unspecified atom stereocenters. The molecule has 0 aromatic heterocycles. The van der Waals surface area contributed by atoms with Crippen molar-refractivity contribution in [2.75, 3.05) is 6.61 Å². The minimum atomic E-state index is -4.92. The average Bonchev–Trinajstić information content (AvgIpc) is 1.94. The first-order valence-electron chi connectivity index (χ1n) is 4.43. The summed E-state index contributed by atoms with van der Waals surface area (Å²) in [5.74, 6) is -2.15. The fourth-order valence-corrected chi connectivity index (χ4v) is 2.65. The zero-order valence-corrected chi connectivity index (χ0v) is 10.1. The smallest absolute Gasteiger partial charge is 0.455 e. The van der Waals surface area contributed by atoms with Gasteiger partial charge in [0.1, 0.15) is 6.61 Å². The Balaban J connectivity index is 3.98. The minimum Gasteiger partial charge on any atom is -0.455 e. The van der Waals surface area contributed by atoms with E-state index in [1.54, 1.807) is 0 Å². The maximum atomic E-state index is 11.7. The van der Waals surface area contributed by atoms with Crippen LogP contribution in [0, 0.1) is 0 Å². The molecule has 88 valence electrons. The Labute approximate surface area is 88.1 Å². The van der Waals surface area contributed by atoms with E-state index < -0.39 is 20.2 Å². The highest BCUT2D eigenvalue weighted by Crippen LogP contribution is 2.19. The van der Waals surface area contributed by atoms with Crippen LogP contribution >= 0.6 is 0 Å². The van der Waals surface area contributed by atoms with Crippen molar-refractivity contribution >= 4 is 14.0 Å². The van der Waals surface area contributed by atoms with Gasteiger partial charge in [0.15, 0.2) is 0 Å². The first kappa shape index (κ1) is 14.2. The quantitative estimate of drug-likeness (QED) is 0.429. The van der Waals surface area contributed by atoms with Gasteiger partial charge < -0.3 is 4.74 Å². The van der Waals surface area contributed by atoms with Crippen molar-refractivity contribution < 1.29 is 22.7 Å². The third-order valence-corrected chi connectivity index (χ3v) is 2.98. The molecule has 0 saturated heterocycles. The van der Waals surface area contributed by atoms with Crippen molar-refractivity contribution in [3.8, 4) is 0 Å². The molecule has 0 aromatic carbocycles. The third kappa shape index (κ3) is 7.18. The number of alkyl halides is 3. The van der Waals surface area contributed by atoms with Crippen LogP contribution in [0.4, 0.5) is 13.2 Å². The van der Waals surface area contributed by atoms with E-state index in [-0.39, 0.29) is 6.61 Å². The highest BCUT2D eigenvalue weighted by atomic mass is 28.3. The van der Waals surface area contributed by atoms with E-state index in [9.17, 15) is 18.0 Å². The minimum absolute atomic E-state index is 0.345. The number of rotatable bonds is 4. The topological polar surface area (TPSA) is 26.3 Å². The van der Waals surface area contributed by atoms with Gasteiger partial charge >= 0.3 is 12.1 Å². The Hall–Kier alpha value is -0.783. The van der Waals surface area contributed by atoms with E-state index in [1.807, 2.05) is 0 Å². The van der Waals surface area contributed by atoms with Crippen LogP contribution in [0.5, 0.6) is 0 Å². The van der Waals surface area contributed by atoms with Crippen LogP contribution < -0.4 is 0 Å². The molecule has 0 aromatic rings. The molecule has 2 nitrogen and oxygen atoms in total. The molecule has 0 aliphatic rings. The molecule has 0 spiro atoms. The molecule has 0 fully saturated rings. The second-order valence-corrected chi connectivity index (χ2v) is 10.0. The van der Waals surface area contributed by atoms with Crippen molar-refractivity contribution in [1.82, 2.24) is 0 Å². The van der Waals surface area contributed by atoms with Crippen molar-refractivity contribution in [1.29, 1.82) is 0 Å². The number of carbonyl (C=O) groups is 1. The van der Waals surface area contributed by atoms with Crippen molar-refractivity contribution in [3.05, 3.63) is 12.2 Å². The summed E-state index contributed by atoms with van der Waals surface area (Å²) in [7, 11) is -1.41. The lowest BCUT2D eigenvalue weighted by molar-refractivity contribution is -0.198. The van der Waals surface area contributed by atoms with E-state index in [4.69, 9.17) is 0 Å². The van der Waals surface area contributed by atoms with Gasteiger partial charge in [-0.2, -0.15) is 13.2 Å². The summed E-state index contributed by atoms with van der Waals surface area (Å²) in [4.78, 5) is 10.4. The van der Waals surface area contributed by atoms with Crippen LogP contribution in [-0.4, -0.2) is 26.8 Å². The van der Waals surface area contributed by atoms with E-state index in [1.165, 1.54) is 0 Å². The second kappa shape index (κ2) is 4.83. The van der Waals surface area contributed by atoms with Gasteiger partial charge in [0, 0.05) is 8.07 Å². The monoisotopic (exact) mass is 240 g/mol. The summed E-state index contributed by atoms with van der Waals surface area (Å²) < 4.78 is 39.3. The van der Waals surface area contributed by atoms with Crippen LogP contribution in [0.3, 0.4) is 0 Å². The number of halogens is 3. The normalized spacial score (nSPS) is 12.4. The van der Waals surface area contributed by atoms with E-state index in [0.717, 1.165) is 0 Å². The lowest BCUT2D eigenvalue weighted by Crippen LogP contribution is -2.27. The Bertz CT molecular complexity index is 253. The summed E-state index contributed by atoms with van der Waals surface area (Å²) in [5, 5.41) is 0. The SMILES string of the molecule is C=C(COC(=O)C(F)(F)F)C[Si](C)(C)C. The predicted molar refractivity (Wildman–Crippen MR) is 54.3 cm³/mol. The van der Waals surface area contributed by atoms with Gasteiger partial charge in [-0.1, -0.05) is 26.2 Å². The number of hydrogen-bond acceptors (Lipinski definition) is 2. The Morgan fingerprint density at radius 3 is 2.13 bits per heavy atom. The Kier molecular flexibility index (Phi) is 4.57. The van der Waals surface area contributed by atoms with Crippen molar-refractivity contribution in [2.45, 2.75) is 31.9 Å². The number of hydrogen-bond donors (Lipinski definition) is 0. The zero-order valence-electron chi connectivity index (χ0n) is 9.07. The molecule has 15 heavy (non-hydrogen) atoms. The van der Waals surface area contributed by atoms with Crippen molar-refractivity contribution in [2.24, 2.45) is 0 Å². The molecule has 0 bridgehead atoms. The standard InChI is InChI=1S/C9H15F3O2Si/c1-7(6-15(2,3)4)5-14-8(13)9(10,11)12/h1,5-6H2,2-4H3. The molecule has 0 atom stereocenters. The fraction of sp³-hybridized carbons (Fsp3) is 0.667. The Morgan fingerprint density at radius 1 is 1.33 bits per heavy atom. The summed E-state index contributed by atoms with van der Waals surface area (Å²) in [6.45, 7) is 9.42. The summed E-state index contributed by atoms with van der Waals surface area (Å²) in [6, 6.07) is 0.651. The molecule has 0 heterocycles. The van der Waals surface area contributed by atoms with Crippen LogP contribution in [0.15, 0.2) is 12.2 Å². The van der Waals surface area contributed by atoms with Gasteiger partial charge in [0.2, 0.25) is 0 Å². The highest BCUT2D eigenvalue weighted by molar-refractivity contribution is 6.76. The average molecular weight is 240 g/mol. The molecular weight excluding hydrogens is 225 g/mol. The predicted octanol–water partition coefficient (Wildman–Crippen LogP) is 2.99. The van der Waals surface area contributed by atoms with Crippen LogP contribution in [0.2, 0.25) is 25.7 Å². The maximum absolute atomic E-state index is 11.7. The highest BCUT2D eigenvalue weighted by Gasteiger charge is 2.40. The first-order valence-corrected chi connectivity index (χ1v) is 8.14. The van der Waals surface area contributed by atoms with Gasteiger partial charge in [-0.25, -0.2) is 4.79 Å². The fourth-order valence-electron chi connectivity index (χ4n) is 1.05. The van der Waals surface area contributed by atoms with E-state index in [0.29, 0.717) is 11.6 Å². The number of ether oxygens (including phenoxy) is 1. The van der Waals surface area contributed by atoms with Gasteiger partial charge in [0.25, 0.3) is 0 Å². The third-order valence-electron chi connectivity index (χ3n) is 1.42. The summed E-state index contributed by atoms with van der Waals surface area (Å²) in [6.07, 6.45) is -4.92. The lowest BCUT2D eigenvalue weighted by atomic mass is 10.4. The molecule has 0 aliphatic carbocycles. The molecule has 0 rings (SSSR count). The largest absolute Gasteiger partial charge is 0.490 e. The molecule has 0 radical (unpaired) electrons. The lowest BCUT2D eigenvalue weighted by Gasteiger charge is -2.17. The van der Waals surface area contributed by atoms with Gasteiger partial charge in [-0.3, -0.25) is 0 Å². The van der Waals surface area contributed by atoms with E-state index in [2.05, 4.69) is 31.0 Å². The number of carbonyl (C=O) groups excluding carboxylic acids is 1. The molecule has 0 saturated carbocycles. The van der Waals surface area contributed by atoms with Gasteiger partial charge in [-0.15, -0.1) is 0 Å². The second-order valence-electron chi connectivity index (χ2n) is 4.56. The van der Waals surface area contributed by atoms with E-state index >= 15 is 0 Å². The van der Waals surface area contributed by atoms with Crippen molar-refractivity contribution in [3.63, 3.8) is 0 Å². The van der Waals surface area contributed by atoms with Crippen LogP contribution in [0.1, 0.15) is 0 Å². The molecule has 0 N–H and O–H groups in total. The van der Waals surface area contributed by atoms with Gasteiger partial charge in [-0.05, 0) is 11.6 Å². The summed E-state index contributed by atoms with van der Waals surface area (Å²) in [5.41, 5.74) is 0.534.